The van der Waals surface area contributed by atoms with Crippen LogP contribution >= 0.6 is 8.18 Å². The van der Waals surface area contributed by atoms with Crippen molar-refractivity contribution in [3.63, 3.8) is 0 Å². The highest BCUT2D eigenvalue weighted by molar-refractivity contribution is 7.36. The fourth-order valence-electron chi connectivity index (χ4n) is 4.61. The molecule has 1 saturated heterocycles. The molecule has 0 spiro atoms. The summed E-state index contributed by atoms with van der Waals surface area (Å²) in [5.41, 5.74) is -4.06. The molecule has 2 fully saturated rings. The largest absolute Gasteiger partial charge is 0.461 e. The number of nitrogens with one attached hydrogen (secondary N) is 1. The third kappa shape index (κ3) is 6.85. The SMILES string of the molecule is CC(C(=O)OC1CCCCC1)N(OC[C@H]1O[C@@H](n2ccc(=O)[nH]c2=O)[C@](C)(F)[C@@H]1O)[PH](=O)Oc1ccccc1. The molecule has 4 rings (SSSR count). The Kier molecular flexibility index (Phi) is 9.39. The zero-order valence-corrected chi connectivity index (χ0v) is 22.7. The van der Waals surface area contributed by atoms with Crippen molar-refractivity contribution >= 4 is 14.1 Å². The maximum Gasteiger partial charge on any atom is 0.331 e. The molecular formula is C25H33FN3O9P. The number of hydroxylamine groups is 1. The van der Waals surface area contributed by atoms with Crippen LogP contribution in [0.1, 0.15) is 52.2 Å². The molecule has 0 amide bonds. The van der Waals surface area contributed by atoms with Crippen LogP contribution in [0.15, 0.2) is 52.2 Å². The van der Waals surface area contributed by atoms with Crippen molar-refractivity contribution in [3.05, 3.63) is 63.4 Å². The van der Waals surface area contributed by atoms with E-state index in [1.54, 1.807) is 30.3 Å². The van der Waals surface area contributed by atoms with Gasteiger partial charge in [-0.2, -0.15) is 0 Å². The predicted octanol–water partition coefficient (Wildman–Crippen LogP) is 2.49. The molecule has 12 nitrogen and oxygen atoms in total. The quantitative estimate of drug-likeness (QED) is 0.248. The first-order chi connectivity index (χ1) is 18.6. The number of aromatic amines is 1. The highest BCUT2D eigenvalue weighted by Crippen LogP contribution is 2.41. The Morgan fingerprint density at radius 3 is 2.62 bits per heavy atom. The maximum atomic E-state index is 15.6. The second-order valence-corrected chi connectivity index (χ2v) is 11.0. The van der Waals surface area contributed by atoms with Gasteiger partial charge < -0.3 is 19.1 Å². The second-order valence-electron chi connectivity index (χ2n) is 9.82. The second kappa shape index (κ2) is 12.6. The summed E-state index contributed by atoms with van der Waals surface area (Å²) in [6.07, 6.45) is 0.529. The topological polar surface area (TPSA) is 149 Å². The van der Waals surface area contributed by atoms with Crippen molar-refractivity contribution in [1.29, 1.82) is 0 Å². The summed E-state index contributed by atoms with van der Waals surface area (Å²) in [5, 5.41) is 10.7. The first-order valence-corrected chi connectivity index (χ1v) is 14.1. The molecule has 39 heavy (non-hydrogen) atoms. The Morgan fingerprint density at radius 2 is 1.95 bits per heavy atom. The minimum atomic E-state index is -3.24. The number of carbonyl (C=O) groups is 1. The standard InChI is InChI=1S/C25H33FN3O9P/c1-16(22(32)36-17-9-5-3-6-10-17)29(39(34)38-18-11-7-4-8-12-18)35-15-19-21(31)25(2,26)23(37-19)28-14-13-20(30)27-24(28)33/h4,7-8,11-14,16-17,19,21,23,31,39H,3,5-6,9-10,15H2,1-2H3,(H,27,30,33)/t16?,19-,21-,23-,25-/m1/s1. The lowest BCUT2D eigenvalue weighted by Crippen LogP contribution is -2.44. The van der Waals surface area contributed by atoms with Gasteiger partial charge in [-0.1, -0.05) is 29.5 Å². The van der Waals surface area contributed by atoms with Crippen LogP contribution in [0, 0.1) is 0 Å². The van der Waals surface area contributed by atoms with Crippen molar-refractivity contribution in [3.8, 4) is 5.75 Å². The third-order valence-corrected chi connectivity index (χ3v) is 8.14. The number of hydrogen-bond acceptors (Lipinski definition) is 9. The monoisotopic (exact) mass is 569 g/mol. The number of hydrogen-bond donors (Lipinski definition) is 2. The predicted molar refractivity (Wildman–Crippen MR) is 137 cm³/mol. The number of H-pyrrole nitrogens is 1. The molecule has 2 heterocycles. The first-order valence-electron chi connectivity index (χ1n) is 12.8. The Hall–Kier alpha value is -2.83. The number of carbonyl (C=O) groups excluding carboxylic acids is 1. The Bertz CT molecular complexity index is 1270. The number of rotatable bonds is 10. The van der Waals surface area contributed by atoms with E-state index in [1.807, 2.05) is 4.98 Å². The number of halogens is 1. The van der Waals surface area contributed by atoms with Crippen molar-refractivity contribution in [1.82, 2.24) is 14.4 Å². The highest BCUT2D eigenvalue weighted by Gasteiger charge is 2.55. The van der Waals surface area contributed by atoms with Gasteiger partial charge in [-0.15, -0.1) is 0 Å². The van der Waals surface area contributed by atoms with Gasteiger partial charge in [0.15, 0.2) is 11.9 Å². The van der Waals surface area contributed by atoms with Crippen LogP contribution in [-0.4, -0.2) is 62.1 Å². The molecule has 2 unspecified atom stereocenters. The van der Waals surface area contributed by atoms with Crippen molar-refractivity contribution in [2.75, 3.05) is 6.61 Å². The average molecular weight is 570 g/mol. The lowest BCUT2D eigenvalue weighted by molar-refractivity contribution is -0.185. The van der Waals surface area contributed by atoms with E-state index in [0.717, 1.165) is 60.7 Å². The molecule has 14 heteroatoms. The molecule has 1 aliphatic heterocycles. The van der Waals surface area contributed by atoms with E-state index >= 15 is 4.39 Å². The van der Waals surface area contributed by atoms with E-state index in [1.165, 1.54) is 6.92 Å². The fourth-order valence-corrected chi connectivity index (χ4v) is 5.64. The summed E-state index contributed by atoms with van der Waals surface area (Å²) in [5.74, 6) is -0.397. The number of esters is 1. The number of aliphatic hydroxyl groups excluding tert-OH is 1. The highest BCUT2D eigenvalue weighted by atomic mass is 31.1. The van der Waals surface area contributed by atoms with Gasteiger partial charge in [0.1, 0.15) is 30.1 Å². The van der Waals surface area contributed by atoms with Gasteiger partial charge in [0.2, 0.25) is 0 Å². The smallest absolute Gasteiger partial charge is 0.331 e. The summed E-state index contributed by atoms with van der Waals surface area (Å²) in [4.78, 5) is 45.1. The molecule has 2 aliphatic rings. The third-order valence-electron chi connectivity index (χ3n) is 6.85. The lowest BCUT2D eigenvalue weighted by atomic mass is 9.98. The number of nitrogens with zero attached hydrogens (tertiary/aromatic N) is 2. The summed E-state index contributed by atoms with van der Waals surface area (Å²) in [6, 6.07) is 8.12. The van der Waals surface area contributed by atoms with E-state index in [9.17, 15) is 24.1 Å². The van der Waals surface area contributed by atoms with E-state index in [0.29, 0.717) is 0 Å². The normalized spacial score (nSPS) is 27.3. The van der Waals surface area contributed by atoms with E-state index in [2.05, 4.69) is 0 Å². The summed E-state index contributed by atoms with van der Waals surface area (Å²) in [7, 11) is -3.24. The Morgan fingerprint density at radius 1 is 1.26 bits per heavy atom. The number of aliphatic hydroxyl groups is 1. The van der Waals surface area contributed by atoms with Crippen LogP contribution in [0.5, 0.6) is 5.75 Å². The van der Waals surface area contributed by atoms with Gasteiger partial charge in [-0.25, -0.2) is 9.18 Å². The molecule has 6 atom stereocenters. The molecule has 1 aromatic heterocycles. The van der Waals surface area contributed by atoms with Gasteiger partial charge in [0.05, 0.1) is 6.61 Å². The Labute approximate surface area is 224 Å². The molecular weight excluding hydrogens is 536 g/mol. The van der Waals surface area contributed by atoms with Gasteiger partial charge in [0.25, 0.3) is 5.56 Å². The summed E-state index contributed by atoms with van der Waals surface area (Å²) >= 11 is 0. The minimum absolute atomic E-state index is 0.253. The summed E-state index contributed by atoms with van der Waals surface area (Å²) in [6.45, 7) is 1.95. The van der Waals surface area contributed by atoms with Crippen molar-refractivity contribution < 1.29 is 37.7 Å². The zero-order chi connectivity index (χ0) is 28.2. The fraction of sp³-hybridized carbons (Fsp3) is 0.560. The van der Waals surface area contributed by atoms with E-state index < -0.39 is 62.2 Å². The number of para-hydroxylation sites is 1. The number of alkyl halides is 1. The molecule has 1 aliphatic carbocycles. The van der Waals surface area contributed by atoms with Gasteiger partial charge in [0, 0.05) is 12.3 Å². The minimum Gasteiger partial charge on any atom is -0.461 e. The van der Waals surface area contributed by atoms with Crippen LogP contribution in [-0.2, 0) is 23.7 Å². The van der Waals surface area contributed by atoms with Gasteiger partial charge in [-0.3, -0.25) is 28.5 Å². The van der Waals surface area contributed by atoms with E-state index in [4.69, 9.17) is 18.8 Å². The first kappa shape index (κ1) is 29.2. The summed E-state index contributed by atoms with van der Waals surface area (Å²) < 4.78 is 46.3. The number of benzene rings is 1. The molecule has 1 saturated carbocycles. The lowest BCUT2D eigenvalue weighted by Gasteiger charge is -2.29. The van der Waals surface area contributed by atoms with Crippen LogP contribution in [0.2, 0.25) is 0 Å². The number of ether oxygens (including phenoxy) is 2. The molecule has 2 N–H and O–H groups in total. The maximum absolute atomic E-state index is 15.6. The van der Waals surface area contributed by atoms with E-state index in [-0.39, 0.29) is 11.9 Å². The van der Waals surface area contributed by atoms with Gasteiger partial charge >= 0.3 is 19.8 Å². The van der Waals surface area contributed by atoms with Crippen LogP contribution < -0.4 is 15.8 Å². The molecule has 2 aromatic rings. The van der Waals surface area contributed by atoms with Crippen LogP contribution in [0.3, 0.4) is 0 Å². The van der Waals surface area contributed by atoms with Crippen molar-refractivity contribution in [2.24, 2.45) is 0 Å². The van der Waals surface area contributed by atoms with Crippen LogP contribution in [0.25, 0.3) is 0 Å². The molecule has 0 radical (unpaired) electrons. The Balaban J connectivity index is 1.50. The molecule has 1 aromatic carbocycles. The van der Waals surface area contributed by atoms with Crippen molar-refractivity contribution in [2.45, 2.75) is 82.2 Å². The number of aromatic nitrogens is 2. The molecule has 214 valence electrons. The van der Waals surface area contributed by atoms with Crippen LogP contribution in [0.4, 0.5) is 4.39 Å². The average Bonchev–Trinajstić information content (AvgIpc) is 3.13. The molecule has 0 bridgehead atoms. The zero-order valence-electron chi connectivity index (χ0n) is 21.7. The van der Waals surface area contributed by atoms with Gasteiger partial charge in [-0.05, 0) is 51.7 Å².